The number of aliphatic imine (C=N–C) groups is 1. The molecule has 4 nitrogen and oxygen atoms in total. The highest BCUT2D eigenvalue weighted by atomic mass is 35.5. The summed E-state index contributed by atoms with van der Waals surface area (Å²) in [6.07, 6.45) is 0. The quantitative estimate of drug-likeness (QED) is 0.323. The first kappa shape index (κ1) is 12.7. The molecule has 0 aliphatic heterocycles. The van der Waals surface area contributed by atoms with Gasteiger partial charge in [-0.1, -0.05) is 11.6 Å². The van der Waals surface area contributed by atoms with Gasteiger partial charge in [0.15, 0.2) is 0 Å². The summed E-state index contributed by atoms with van der Waals surface area (Å²) in [6.45, 7) is 3.76. The monoisotopic (exact) mass is 244 g/mol. The lowest BCUT2D eigenvalue weighted by Gasteiger charge is -2.11. The van der Waals surface area contributed by atoms with Gasteiger partial charge in [0.25, 0.3) is 0 Å². The van der Waals surface area contributed by atoms with Crippen molar-refractivity contribution in [1.82, 2.24) is 5.43 Å². The molecule has 0 saturated heterocycles. The van der Waals surface area contributed by atoms with E-state index in [9.17, 15) is 4.39 Å². The zero-order valence-electron chi connectivity index (χ0n) is 9.09. The maximum Gasteiger partial charge on any atom is 0.210 e. The zero-order chi connectivity index (χ0) is 12.1. The van der Waals surface area contributed by atoms with Crippen molar-refractivity contribution >= 4 is 23.2 Å². The number of benzene rings is 1. The molecule has 0 saturated carbocycles. The lowest BCUT2D eigenvalue weighted by molar-refractivity contribution is 0.632. The second kappa shape index (κ2) is 5.67. The number of nitrogens with one attached hydrogen (secondary N) is 2. The van der Waals surface area contributed by atoms with Gasteiger partial charge in [-0.15, -0.1) is 0 Å². The third kappa shape index (κ3) is 3.67. The van der Waals surface area contributed by atoms with Crippen LogP contribution in [0.25, 0.3) is 0 Å². The smallest absolute Gasteiger partial charge is 0.210 e. The van der Waals surface area contributed by atoms with Crippen LogP contribution in [0.15, 0.2) is 23.2 Å². The van der Waals surface area contributed by atoms with Crippen LogP contribution in [0.3, 0.4) is 0 Å². The third-order valence-electron chi connectivity index (χ3n) is 1.71. The van der Waals surface area contributed by atoms with Gasteiger partial charge >= 0.3 is 0 Å². The predicted octanol–water partition coefficient (Wildman–Crippen LogP) is 2.12. The Morgan fingerprint density at radius 2 is 2.19 bits per heavy atom. The molecule has 0 aliphatic carbocycles. The number of guanidine groups is 1. The first-order valence-corrected chi connectivity index (χ1v) is 5.17. The molecular weight excluding hydrogens is 231 g/mol. The van der Waals surface area contributed by atoms with Gasteiger partial charge in [0.2, 0.25) is 5.96 Å². The van der Waals surface area contributed by atoms with Crippen molar-refractivity contribution in [2.24, 2.45) is 10.8 Å². The molecule has 0 radical (unpaired) electrons. The van der Waals surface area contributed by atoms with E-state index in [2.05, 4.69) is 15.7 Å². The van der Waals surface area contributed by atoms with Crippen LogP contribution in [-0.4, -0.2) is 12.0 Å². The van der Waals surface area contributed by atoms with Gasteiger partial charge in [0.05, 0.1) is 5.69 Å². The molecule has 6 heteroatoms. The molecule has 4 N–H and O–H groups in total. The number of halogens is 2. The van der Waals surface area contributed by atoms with Crippen LogP contribution in [0.4, 0.5) is 10.1 Å². The first-order chi connectivity index (χ1) is 7.52. The number of nitrogens with zero attached hydrogens (tertiary/aromatic N) is 1. The molecule has 0 amide bonds. The molecular formula is C10H14ClFN4. The van der Waals surface area contributed by atoms with E-state index in [1.54, 1.807) is 0 Å². The maximum absolute atomic E-state index is 13.4. The number of hydrogen-bond donors (Lipinski definition) is 3. The normalized spacial score (nSPS) is 11.8. The minimum absolute atomic E-state index is 0.0424. The van der Waals surface area contributed by atoms with Crippen LogP contribution in [0, 0.1) is 5.82 Å². The summed E-state index contributed by atoms with van der Waals surface area (Å²) in [5, 5.41) is 3.16. The maximum atomic E-state index is 13.4. The molecule has 0 aromatic heterocycles. The summed E-state index contributed by atoms with van der Waals surface area (Å²) in [7, 11) is 0. The molecule has 0 spiro atoms. The fourth-order valence-corrected chi connectivity index (χ4v) is 1.26. The second-order valence-corrected chi connectivity index (χ2v) is 3.90. The molecule has 0 unspecified atom stereocenters. The Kier molecular flexibility index (Phi) is 4.52. The van der Waals surface area contributed by atoms with Crippen LogP contribution >= 0.6 is 11.6 Å². The Morgan fingerprint density at radius 3 is 2.75 bits per heavy atom. The van der Waals surface area contributed by atoms with Gasteiger partial charge in [0, 0.05) is 11.1 Å². The van der Waals surface area contributed by atoms with Crippen LogP contribution in [0.2, 0.25) is 5.02 Å². The molecule has 1 aromatic carbocycles. The molecule has 0 atom stereocenters. The lowest BCUT2D eigenvalue weighted by atomic mass is 10.3. The van der Waals surface area contributed by atoms with Crippen LogP contribution in [-0.2, 0) is 0 Å². The lowest BCUT2D eigenvalue weighted by Crippen LogP contribution is -2.37. The molecule has 0 fully saturated rings. The van der Waals surface area contributed by atoms with Gasteiger partial charge in [-0.05, 0) is 32.0 Å². The van der Waals surface area contributed by atoms with Gasteiger partial charge < -0.3 is 5.32 Å². The highest BCUT2D eigenvalue weighted by molar-refractivity contribution is 6.30. The molecule has 88 valence electrons. The van der Waals surface area contributed by atoms with Crippen molar-refractivity contribution in [3.05, 3.63) is 29.0 Å². The molecule has 16 heavy (non-hydrogen) atoms. The fourth-order valence-electron chi connectivity index (χ4n) is 1.08. The van der Waals surface area contributed by atoms with Gasteiger partial charge in [0.1, 0.15) is 5.82 Å². The van der Waals surface area contributed by atoms with E-state index < -0.39 is 5.82 Å². The topological polar surface area (TPSA) is 62.4 Å². The molecule has 1 aromatic rings. The number of hydrazine groups is 1. The summed E-state index contributed by atoms with van der Waals surface area (Å²) >= 11 is 5.75. The molecule has 0 heterocycles. The Bertz CT molecular complexity index is 392. The van der Waals surface area contributed by atoms with Crippen LogP contribution in [0.5, 0.6) is 0 Å². The van der Waals surface area contributed by atoms with Crippen molar-refractivity contribution in [2.45, 2.75) is 19.9 Å². The van der Waals surface area contributed by atoms with Crippen molar-refractivity contribution in [3.63, 3.8) is 0 Å². The number of nitrogens with two attached hydrogens (primary N) is 1. The average molecular weight is 245 g/mol. The van der Waals surface area contributed by atoms with Crippen molar-refractivity contribution in [2.75, 3.05) is 5.32 Å². The first-order valence-electron chi connectivity index (χ1n) is 4.79. The summed E-state index contributed by atoms with van der Waals surface area (Å²) in [5.74, 6) is 5.13. The van der Waals surface area contributed by atoms with Gasteiger partial charge in [-0.3, -0.25) is 5.43 Å². The van der Waals surface area contributed by atoms with E-state index in [4.69, 9.17) is 17.4 Å². The second-order valence-electron chi connectivity index (χ2n) is 3.46. The van der Waals surface area contributed by atoms with E-state index in [1.807, 2.05) is 13.8 Å². The summed E-state index contributed by atoms with van der Waals surface area (Å²) < 4.78 is 13.4. The number of anilines is 1. The Morgan fingerprint density at radius 1 is 1.50 bits per heavy atom. The van der Waals surface area contributed by atoms with E-state index in [0.717, 1.165) is 0 Å². The Balaban J connectivity index is 2.90. The molecule has 0 bridgehead atoms. The van der Waals surface area contributed by atoms with Crippen molar-refractivity contribution in [1.29, 1.82) is 0 Å². The third-order valence-corrected chi connectivity index (χ3v) is 1.94. The predicted molar refractivity (Wildman–Crippen MR) is 64.9 cm³/mol. The Labute approximate surface area is 98.7 Å². The van der Waals surface area contributed by atoms with Gasteiger partial charge in [-0.25, -0.2) is 15.2 Å². The molecule has 0 aliphatic rings. The molecule has 1 rings (SSSR count). The summed E-state index contributed by atoms with van der Waals surface area (Å²) in [4.78, 5) is 4.12. The van der Waals surface area contributed by atoms with Crippen LogP contribution in [0.1, 0.15) is 13.8 Å². The van der Waals surface area contributed by atoms with E-state index in [0.29, 0.717) is 5.02 Å². The average Bonchev–Trinajstić information content (AvgIpc) is 2.21. The fraction of sp³-hybridized carbons (Fsp3) is 0.300. The minimum Gasteiger partial charge on any atom is -0.323 e. The van der Waals surface area contributed by atoms with E-state index in [1.165, 1.54) is 18.2 Å². The summed E-state index contributed by atoms with van der Waals surface area (Å²) in [6, 6.07) is 4.25. The Hall–Kier alpha value is -1.33. The largest absolute Gasteiger partial charge is 0.323 e. The SMILES string of the molecule is CC(C)N=C(NN)Nc1cc(Cl)ccc1F. The number of rotatable bonds is 2. The highest BCUT2D eigenvalue weighted by Gasteiger charge is 2.05. The van der Waals surface area contributed by atoms with Crippen LogP contribution < -0.4 is 16.6 Å². The van der Waals surface area contributed by atoms with Gasteiger partial charge in [-0.2, -0.15) is 0 Å². The standard InChI is InChI=1S/C10H14ClFN4/c1-6(2)14-10(16-13)15-9-5-7(11)3-4-8(9)12/h3-6H,13H2,1-2H3,(H2,14,15,16). The summed E-state index contributed by atoms with van der Waals surface area (Å²) in [5.41, 5.74) is 2.58. The number of hydrogen-bond acceptors (Lipinski definition) is 2. The van der Waals surface area contributed by atoms with Crippen molar-refractivity contribution in [3.8, 4) is 0 Å². The van der Waals surface area contributed by atoms with E-state index >= 15 is 0 Å². The highest BCUT2D eigenvalue weighted by Crippen LogP contribution is 2.19. The zero-order valence-corrected chi connectivity index (χ0v) is 9.85. The van der Waals surface area contributed by atoms with Crippen molar-refractivity contribution < 1.29 is 4.39 Å². The minimum atomic E-state index is -0.420. The van der Waals surface area contributed by atoms with E-state index in [-0.39, 0.29) is 17.7 Å².